The second-order valence-corrected chi connectivity index (χ2v) is 4.19. The molecule has 3 rings (SSSR count). The van der Waals surface area contributed by atoms with Crippen LogP contribution in [-0.2, 0) is 0 Å². The van der Waals surface area contributed by atoms with E-state index >= 15 is 0 Å². The van der Waals surface area contributed by atoms with Crippen molar-refractivity contribution in [1.29, 1.82) is 0 Å². The molecule has 1 aromatic carbocycles. The lowest BCUT2D eigenvalue weighted by Gasteiger charge is -2.06. The summed E-state index contributed by atoms with van der Waals surface area (Å²) in [6, 6.07) is 9.19. The minimum atomic E-state index is -0.449. The van der Waals surface area contributed by atoms with Crippen LogP contribution in [0.3, 0.4) is 0 Å². The first-order chi connectivity index (χ1) is 9.16. The zero-order valence-corrected chi connectivity index (χ0v) is 10.1. The average Bonchev–Trinajstić information content (AvgIpc) is 2.82. The average molecular weight is 254 g/mol. The molecule has 0 atom stereocenters. The quantitative estimate of drug-likeness (QED) is 0.520. The van der Waals surface area contributed by atoms with Gasteiger partial charge in [0.05, 0.1) is 16.0 Å². The van der Waals surface area contributed by atoms with Crippen molar-refractivity contribution in [3.63, 3.8) is 0 Å². The van der Waals surface area contributed by atoms with E-state index in [0.29, 0.717) is 5.82 Å². The van der Waals surface area contributed by atoms with E-state index in [-0.39, 0.29) is 5.69 Å². The number of nitro groups is 1. The Kier molecular flexibility index (Phi) is 2.49. The van der Waals surface area contributed by atoms with Gasteiger partial charge in [0.15, 0.2) is 0 Å². The molecule has 0 N–H and O–H groups in total. The fourth-order valence-electron chi connectivity index (χ4n) is 2.03. The Labute approximate surface area is 108 Å². The number of imidazole rings is 1. The molecule has 6 heteroatoms. The number of para-hydroxylation sites is 2. The van der Waals surface area contributed by atoms with Crippen molar-refractivity contribution in [2.45, 2.75) is 6.92 Å². The molecule has 0 fully saturated rings. The van der Waals surface area contributed by atoms with Gasteiger partial charge in [0.1, 0.15) is 18.3 Å². The van der Waals surface area contributed by atoms with Gasteiger partial charge in [-0.25, -0.2) is 9.97 Å². The highest BCUT2D eigenvalue weighted by atomic mass is 16.6. The molecule has 19 heavy (non-hydrogen) atoms. The number of benzene rings is 1. The highest BCUT2D eigenvalue weighted by Gasteiger charge is 2.12. The molecule has 3 aromatic rings. The van der Waals surface area contributed by atoms with E-state index in [4.69, 9.17) is 0 Å². The van der Waals surface area contributed by atoms with Crippen LogP contribution in [0.25, 0.3) is 16.9 Å². The number of aromatic nitrogens is 3. The van der Waals surface area contributed by atoms with Gasteiger partial charge >= 0.3 is 0 Å². The summed E-state index contributed by atoms with van der Waals surface area (Å²) in [5, 5.41) is 10.7. The molecule has 0 aliphatic heterocycles. The molecule has 2 heterocycles. The molecular formula is C13H10N4O2. The van der Waals surface area contributed by atoms with E-state index < -0.39 is 4.92 Å². The van der Waals surface area contributed by atoms with Gasteiger partial charge in [0, 0.05) is 6.07 Å². The van der Waals surface area contributed by atoms with Crippen molar-refractivity contribution < 1.29 is 4.92 Å². The van der Waals surface area contributed by atoms with E-state index in [1.165, 1.54) is 12.3 Å². The molecule has 0 radical (unpaired) electrons. The summed E-state index contributed by atoms with van der Waals surface area (Å²) in [4.78, 5) is 18.7. The van der Waals surface area contributed by atoms with Gasteiger partial charge in [-0.1, -0.05) is 12.1 Å². The third kappa shape index (κ3) is 1.83. The zero-order chi connectivity index (χ0) is 13.4. The Balaban J connectivity index is 2.19. The molecule has 0 bridgehead atoms. The number of aryl methyl sites for hydroxylation is 1. The van der Waals surface area contributed by atoms with Crippen LogP contribution in [0.2, 0.25) is 0 Å². The largest absolute Gasteiger partial charge is 0.287 e. The van der Waals surface area contributed by atoms with E-state index in [9.17, 15) is 10.1 Å². The van der Waals surface area contributed by atoms with Crippen molar-refractivity contribution in [3.05, 3.63) is 58.5 Å². The Bertz CT molecular complexity index is 779. The summed E-state index contributed by atoms with van der Waals surface area (Å²) >= 11 is 0. The van der Waals surface area contributed by atoms with Crippen LogP contribution in [-0.4, -0.2) is 19.5 Å². The maximum Gasteiger partial charge on any atom is 0.287 e. The number of rotatable bonds is 2. The lowest BCUT2D eigenvalue weighted by Crippen LogP contribution is -2.00. The van der Waals surface area contributed by atoms with Crippen LogP contribution in [0.5, 0.6) is 0 Å². The minimum absolute atomic E-state index is 0.00864. The molecule has 0 unspecified atom stereocenters. The summed E-state index contributed by atoms with van der Waals surface area (Å²) in [6.07, 6.45) is 2.93. The van der Waals surface area contributed by atoms with Gasteiger partial charge in [-0.05, 0) is 24.6 Å². The van der Waals surface area contributed by atoms with Crippen LogP contribution in [0, 0.1) is 17.0 Å². The lowest BCUT2D eigenvalue weighted by molar-refractivity contribution is -0.385. The van der Waals surface area contributed by atoms with Crippen molar-refractivity contribution in [2.75, 3.05) is 0 Å². The van der Waals surface area contributed by atoms with Crippen molar-refractivity contribution in [3.8, 4) is 5.82 Å². The molecule has 6 nitrogen and oxygen atoms in total. The smallest absolute Gasteiger partial charge is 0.283 e. The maximum atomic E-state index is 10.7. The summed E-state index contributed by atoms with van der Waals surface area (Å²) in [6.45, 7) is 1.80. The van der Waals surface area contributed by atoms with E-state index in [0.717, 1.165) is 16.6 Å². The second-order valence-electron chi connectivity index (χ2n) is 4.19. The lowest BCUT2D eigenvalue weighted by atomic mass is 10.2. The Morgan fingerprint density at radius 3 is 2.79 bits per heavy atom. The van der Waals surface area contributed by atoms with Crippen molar-refractivity contribution in [2.24, 2.45) is 0 Å². The summed E-state index contributed by atoms with van der Waals surface area (Å²) in [5.74, 6) is 0.652. The third-order valence-electron chi connectivity index (χ3n) is 2.93. The fourth-order valence-corrected chi connectivity index (χ4v) is 2.03. The number of fused-ring (bicyclic) bond motifs is 1. The number of hydrogen-bond donors (Lipinski definition) is 0. The van der Waals surface area contributed by atoms with Crippen LogP contribution < -0.4 is 0 Å². The SMILES string of the molecule is Cc1cc([N+](=O)[O-])cnc1-n1cnc2ccccc21. The van der Waals surface area contributed by atoms with Crippen LogP contribution in [0.1, 0.15) is 5.56 Å². The summed E-state index contributed by atoms with van der Waals surface area (Å²) in [7, 11) is 0. The molecule has 0 aliphatic carbocycles. The molecule has 0 spiro atoms. The number of pyridine rings is 1. The van der Waals surface area contributed by atoms with Gasteiger partial charge in [0.2, 0.25) is 0 Å². The highest BCUT2D eigenvalue weighted by molar-refractivity contribution is 5.77. The molecule has 0 saturated heterocycles. The van der Waals surface area contributed by atoms with E-state index in [2.05, 4.69) is 9.97 Å². The fraction of sp³-hybridized carbons (Fsp3) is 0.0769. The second kappa shape index (κ2) is 4.16. The van der Waals surface area contributed by atoms with Gasteiger partial charge in [-0.15, -0.1) is 0 Å². The first kappa shape index (κ1) is 11.3. The molecular weight excluding hydrogens is 244 g/mol. The van der Waals surface area contributed by atoms with Gasteiger partial charge < -0.3 is 0 Å². The molecule has 0 aliphatic rings. The van der Waals surface area contributed by atoms with Gasteiger partial charge in [-0.3, -0.25) is 14.7 Å². The molecule has 0 amide bonds. The van der Waals surface area contributed by atoms with E-state index in [1.54, 1.807) is 13.3 Å². The minimum Gasteiger partial charge on any atom is -0.283 e. The molecule has 0 saturated carbocycles. The van der Waals surface area contributed by atoms with Crippen LogP contribution >= 0.6 is 0 Å². The van der Waals surface area contributed by atoms with Gasteiger partial charge in [0.25, 0.3) is 5.69 Å². The first-order valence-corrected chi connectivity index (χ1v) is 5.70. The monoisotopic (exact) mass is 254 g/mol. The Morgan fingerprint density at radius 1 is 1.26 bits per heavy atom. The number of hydrogen-bond acceptors (Lipinski definition) is 4. The predicted molar refractivity (Wildman–Crippen MR) is 70.3 cm³/mol. The predicted octanol–water partition coefficient (Wildman–Crippen LogP) is 2.64. The molecule has 94 valence electrons. The summed E-state index contributed by atoms with van der Waals surface area (Å²) in [5.41, 5.74) is 2.51. The number of nitrogens with zero attached hydrogens (tertiary/aromatic N) is 4. The third-order valence-corrected chi connectivity index (χ3v) is 2.93. The van der Waals surface area contributed by atoms with Crippen molar-refractivity contribution in [1.82, 2.24) is 14.5 Å². The molecule has 2 aromatic heterocycles. The van der Waals surface area contributed by atoms with Crippen LogP contribution in [0.15, 0.2) is 42.9 Å². The first-order valence-electron chi connectivity index (χ1n) is 5.70. The Hall–Kier alpha value is -2.76. The van der Waals surface area contributed by atoms with Crippen molar-refractivity contribution >= 4 is 16.7 Å². The van der Waals surface area contributed by atoms with Crippen LogP contribution in [0.4, 0.5) is 5.69 Å². The maximum absolute atomic E-state index is 10.7. The summed E-state index contributed by atoms with van der Waals surface area (Å²) < 4.78 is 1.83. The highest BCUT2D eigenvalue weighted by Crippen LogP contribution is 2.21. The normalized spacial score (nSPS) is 10.8. The van der Waals surface area contributed by atoms with Gasteiger partial charge in [-0.2, -0.15) is 0 Å². The standard InChI is InChI=1S/C13H10N4O2/c1-9-6-10(17(18)19)7-14-13(9)16-8-15-11-4-2-3-5-12(11)16/h2-8H,1H3. The van der Waals surface area contributed by atoms with E-state index in [1.807, 2.05) is 28.8 Å². The topological polar surface area (TPSA) is 73.8 Å². The zero-order valence-electron chi connectivity index (χ0n) is 10.1. The Morgan fingerprint density at radius 2 is 2.05 bits per heavy atom.